The van der Waals surface area contributed by atoms with Crippen molar-refractivity contribution >= 4 is 133 Å². The molecule has 632 valence electrons. The molecule has 7 fully saturated rings. The molecule has 114 heavy (non-hydrogen) atoms. The van der Waals surface area contributed by atoms with Gasteiger partial charge in [0.05, 0.1) is 103 Å². The maximum absolute atomic E-state index is 13.7. The molecule has 0 aliphatic carbocycles. The predicted octanol–water partition coefficient (Wildman–Crippen LogP) is 12.2. The number of aliphatic hydroxyl groups is 3. The van der Waals surface area contributed by atoms with E-state index in [9.17, 15) is 58.7 Å². The number of benzene rings is 3. The summed E-state index contributed by atoms with van der Waals surface area (Å²) >= 11 is 8.04. The van der Waals surface area contributed by atoms with Crippen LogP contribution >= 0.6 is 34.2 Å². The summed E-state index contributed by atoms with van der Waals surface area (Å²) < 4.78 is 86.5. The van der Waals surface area contributed by atoms with Gasteiger partial charge in [0.15, 0.2) is 5.78 Å². The van der Waals surface area contributed by atoms with Crippen LogP contribution in [-0.4, -0.2) is 242 Å². The van der Waals surface area contributed by atoms with Crippen molar-refractivity contribution in [2.45, 2.75) is 212 Å². The van der Waals surface area contributed by atoms with E-state index in [0.29, 0.717) is 30.6 Å². The number of hydrogen-bond donors (Lipinski definition) is 4. The van der Waals surface area contributed by atoms with Crippen molar-refractivity contribution in [2.24, 2.45) is 15.3 Å². The number of nitro benzene ring substituents is 3. The number of hydrogen-bond acceptors (Lipinski definition) is 30. The summed E-state index contributed by atoms with van der Waals surface area (Å²) in [6, 6.07) is 12.5. The Kier molecular flexibility index (Phi) is 41.0. The maximum Gasteiger partial charge on any atom is 0.502 e. The average Bonchev–Trinajstić information content (AvgIpc) is 1.62. The summed E-state index contributed by atoms with van der Waals surface area (Å²) in [4.78, 5) is 103. The van der Waals surface area contributed by atoms with Gasteiger partial charge in [0.25, 0.3) is 28.9 Å². The minimum absolute atomic E-state index is 0.0365. The van der Waals surface area contributed by atoms with Crippen molar-refractivity contribution in [3.63, 3.8) is 0 Å². The van der Waals surface area contributed by atoms with Crippen LogP contribution in [0.5, 0.6) is 0 Å². The number of likely N-dealkylation sites (tertiary alicyclic amines) is 1. The van der Waals surface area contributed by atoms with Gasteiger partial charge < -0.3 is 78.6 Å². The van der Waals surface area contributed by atoms with Crippen molar-refractivity contribution in [3.05, 3.63) is 133 Å². The molecule has 7 saturated heterocycles. The lowest BCUT2D eigenvalue weighted by Crippen LogP contribution is -2.46. The normalized spacial score (nSPS) is 25.1. The lowest BCUT2D eigenvalue weighted by Gasteiger charge is -2.28. The Morgan fingerprint density at radius 1 is 0.649 bits per heavy atom. The molecular formula is C66H100ClFIN15O26Si4. The van der Waals surface area contributed by atoms with Gasteiger partial charge in [-0.1, -0.05) is 37.9 Å². The van der Waals surface area contributed by atoms with E-state index in [1.165, 1.54) is 13.8 Å². The molecule has 4 amide bonds. The first-order valence-electron chi connectivity index (χ1n) is 37.1. The minimum atomic E-state index is -3.05. The third kappa shape index (κ3) is 27.8. The second-order valence-corrected chi connectivity index (χ2v) is 38.0. The molecular weight excluding hydrogens is 1710 g/mol. The first kappa shape index (κ1) is 97.5. The molecule has 10 rings (SSSR count). The number of rotatable bonds is 33. The van der Waals surface area contributed by atoms with E-state index in [-0.39, 0.29) is 104 Å². The summed E-state index contributed by atoms with van der Waals surface area (Å²) in [5, 5.41) is 73.3. The van der Waals surface area contributed by atoms with Crippen molar-refractivity contribution in [3.8, 4) is 0 Å². The fraction of sp³-hybridized carbons (Fsp3) is 0.652. The first-order valence-corrected chi connectivity index (χ1v) is 46.2. The average molecular weight is 1810 g/mol. The Labute approximate surface area is 681 Å². The van der Waals surface area contributed by atoms with Gasteiger partial charge in [-0.2, -0.15) is 0 Å². The number of imide groups is 3. The van der Waals surface area contributed by atoms with Crippen LogP contribution in [0.1, 0.15) is 147 Å². The van der Waals surface area contributed by atoms with Crippen molar-refractivity contribution in [1.29, 1.82) is 0 Å². The monoisotopic (exact) mass is 1810 g/mol. The highest BCUT2D eigenvalue weighted by atomic mass is 127. The van der Waals surface area contributed by atoms with E-state index >= 15 is 0 Å². The van der Waals surface area contributed by atoms with Gasteiger partial charge in [-0.25, -0.2) is 4.90 Å². The number of carbonyl (C=O) groups is 5. The number of aliphatic hydroxyl groups excluding tert-OH is 3. The Bertz CT molecular complexity index is 3870. The molecule has 3 aromatic carbocycles. The zero-order valence-corrected chi connectivity index (χ0v) is 72.1. The largest absolute Gasteiger partial charge is 0.502 e. The van der Waals surface area contributed by atoms with Gasteiger partial charge in [0.1, 0.15) is 17.2 Å². The molecule has 7 heterocycles. The number of halogens is 3. The van der Waals surface area contributed by atoms with Crippen LogP contribution in [0.2, 0.25) is 24.2 Å². The zero-order valence-electron chi connectivity index (χ0n) is 66.2. The van der Waals surface area contributed by atoms with Gasteiger partial charge in [0.2, 0.25) is 11.8 Å². The molecule has 0 aromatic heterocycles. The number of nitro groups is 3. The molecule has 7 aliphatic heterocycles. The fourth-order valence-electron chi connectivity index (χ4n) is 12.7. The third-order valence-corrected chi connectivity index (χ3v) is 31.1. The van der Waals surface area contributed by atoms with E-state index in [2.05, 4.69) is 85.7 Å². The number of nitrogens with zero attached hydrogens (tertiary/aromatic N) is 14. The zero-order chi connectivity index (χ0) is 86.1. The number of fused-ring (bicyclic) bond motifs is 6. The quantitative estimate of drug-likeness (QED) is 0.00376. The maximum atomic E-state index is 13.7. The highest BCUT2D eigenvalue weighted by Gasteiger charge is 2.63. The van der Waals surface area contributed by atoms with Gasteiger partial charge in [-0.3, -0.25) is 58.7 Å². The van der Waals surface area contributed by atoms with E-state index in [4.69, 9.17) is 98.0 Å². The summed E-state index contributed by atoms with van der Waals surface area (Å²) in [7, 11) is -8.92. The Balaban J connectivity index is 0.000000318. The SMILES string of the molecule is CC(O)C(O)C(C)O.CC1O[Si]2(CCCI)OC(C)C1O2.CC1O[Si]2(CCCN(CC(=O)c3cc(N=[N+]=[N-])ccc3[N+](=O)[O-])C(=O)c3cc(N=[N+]=[N-])ccc3[N+](=O)[O-])OC(C)C1O2.CCO[Si](CCCCl)(OCC)OCC.CNCCC[Si]12OC(C)C(O1)C(C)O2.[2H]CF.[N-]=[N+]=Nc1ccc([N+](=O)[O-])c(C(=O)N2C(=O)CCC2=O)c1. The summed E-state index contributed by atoms with van der Waals surface area (Å²) in [6.07, 6.45) is 1.02. The third-order valence-electron chi connectivity index (χ3n) is 17.7. The predicted molar refractivity (Wildman–Crippen MR) is 425 cm³/mol. The highest BCUT2D eigenvalue weighted by Crippen LogP contribution is 2.43. The Morgan fingerprint density at radius 2 is 1.00 bits per heavy atom. The van der Waals surface area contributed by atoms with E-state index in [1.807, 2.05) is 41.7 Å². The Morgan fingerprint density at radius 3 is 1.32 bits per heavy atom. The summed E-state index contributed by atoms with van der Waals surface area (Å²) in [5.74, 6) is -3.74. The summed E-state index contributed by atoms with van der Waals surface area (Å²) in [6.45, 7) is 22.8. The fourth-order valence-corrected chi connectivity index (χ4v) is 26.8. The molecule has 3 aromatic rings. The lowest BCUT2D eigenvalue weighted by molar-refractivity contribution is -0.385. The molecule has 8 atom stereocenters. The van der Waals surface area contributed by atoms with E-state index in [1.54, 1.807) is 0 Å². The molecule has 4 N–H and O–H groups in total. The van der Waals surface area contributed by atoms with Gasteiger partial charge in [-0.15, -0.1) is 11.6 Å². The highest BCUT2D eigenvalue weighted by molar-refractivity contribution is 14.1. The molecule has 48 heteroatoms. The standard InChI is InChI=1S/C23H23N9O9Si.C11H7N5O5.C9H21ClO3Si.C9H19NO3Si.C8H15IO3Si.C5H12O3.CH3F/c1-13-22-14(2)40-42(39-13,41-22)9-3-8-30(23(34)18-11-16(27-29-25)5-7-20(18)32(37)38)12-21(33)17-10-15(26-28-24)4-6-19(17)31(35)36;12-14-13-6-1-2-8(16(20)21)7(5-6)11(19)15-9(17)3-4-10(15)18;1-4-11-14(12-5-2,13-6-3)9-7-8-10;1-7-9-8(2)12-14(11-7,13-9)6-4-5-10-3;1-6-8-7(2)11-13(10-6,12-8)5-3-4-9;1-3(6)5(8)4(2)7;1-2/h4-7,10-11,13-14,22H,3,8-9,12H2,1-2H3;1-2,5H,3-4H2;4-9H2,1-3H3;7-10H,4-6H2,1-3H3;6-8H,3-5H2,1-2H3;3-8H,1-2H3;1H3/i;;;;;;1D. The number of Topliss-reactive ketones (excluding diaryl/α,β-unsaturated/α-hetero) is 1. The van der Waals surface area contributed by atoms with Crippen LogP contribution in [0.3, 0.4) is 0 Å². The first-order chi connectivity index (χ1) is 54.5. The second kappa shape index (κ2) is 48.0. The number of alkyl halides is 3. The number of ketones is 1. The van der Waals surface area contributed by atoms with E-state index < -0.39 is 145 Å². The van der Waals surface area contributed by atoms with Crippen LogP contribution in [-0.2, 0) is 62.7 Å². The molecule has 7 aliphatic rings. The summed E-state index contributed by atoms with van der Waals surface area (Å²) in [5.41, 5.74) is 22.5. The van der Waals surface area contributed by atoms with Crippen LogP contribution < -0.4 is 5.32 Å². The molecule has 0 spiro atoms. The molecule has 0 radical (unpaired) electrons. The number of azide groups is 3. The van der Waals surface area contributed by atoms with Crippen molar-refractivity contribution < 1.29 is 113 Å². The lowest BCUT2D eigenvalue weighted by atomic mass is 10.1. The van der Waals surface area contributed by atoms with Crippen LogP contribution in [0.15, 0.2) is 69.9 Å². The van der Waals surface area contributed by atoms with E-state index in [0.717, 1.165) is 108 Å². The van der Waals surface area contributed by atoms with Gasteiger partial charge >= 0.3 is 35.2 Å². The smallest absolute Gasteiger partial charge is 0.391 e. The number of nitrogens with one attached hydrogen (secondary N) is 1. The van der Waals surface area contributed by atoms with Crippen LogP contribution in [0, 0.1) is 30.3 Å². The molecule has 41 nitrogen and oxygen atoms in total. The molecule has 0 saturated carbocycles. The Hall–Kier alpha value is -7.08. The van der Waals surface area contributed by atoms with Gasteiger partial charge in [0, 0.05) is 119 Å². The van der Waals surface area contributed by atoms with Crippen LogP contribution in [0.25, 0.3) is 31.3 Å². The number of amides is 4. The van der Waals surface area contributed by atoms with Crippen molar-refractivity contribution in [1.82, 2.24) is 15.1 Å². The minimum Gasteiger partial charge on any atom is -0.391 e. The topological polar surface area (TPSA) is 551 Å². The molecule has 6 bridgehead atoms. The van der Waals surface area contributed by atoms with Crippen molar-refractivity contribution in [2.75, 3.05) is 64.0 Å². The molecule has 8 unspecified atom stereocenters. The second-order valence-electron chi connectivity index (χ2n) is 26.1. The number of carbonyl (C=O) groups excluding carboxylic acids is 5. The van der Waals surface area contributed by atoms with Gasteiger partial charge in [-0.05, 0) is 173 Å². The van der Waals surface area contributed by atoms with Crippen LogP contribution in [0.4, 0.5) is 38.5 Å².